The fraction of sp³-hybridized carbons (Fsp3) is 0.368. The van der Waals surface area contributed by atoms with Gasteiger partial charge in [0.1, 0.15) is 0 Å². The molecule has 2 aromatic rings. The van der Waals surface area contributed by atoms with Crippen LogP contribution in [0.15, 0.2) is 48.5 Å². The van der Waals surface area contributed by atoms with Gasteiger partial charge in [0.15, 0.2) is 0 Å². The van der Waals surface area contributed by atoms with E-state index in [1.54, 1.807) is 0 Å². The van der Waals surface area contributed by atoms with E-state index in [1.807, 2.05) is 0 Å². The van der Waals surface area contributed by atoms with Gasteiger partial charge >= 0.3 is 0 Å². The molecule has 1 aliphatic rings. The Bertz CT molecular complexity index is 588. The minimum atomic E-state index is 0.312. The van der Waals surface area contributed by atoms with Crippen molar-refractivity contribution in [1.82, 2.24) is 5.32 Å². The van der Waals surface area contributed by atoms with Gasteiger partial charge in [0.05, 0.1) is 6.04 Å². The van der Waals surface area contributed by atoms with Gasteiger partial charge in [-0.3, -0.25) is 0 Å². The second-order valence-corrected chi connectivity index (χ2v) is 6.19. The van der Waals surface area contributed by atoms with Crippen LogP contribution in [0, 0.1) is 19.8 Å². The molecular weight excluding hydrogens is 242 g/mol. The molecule has 0 spiro atoms. The molecule has 2 aromatic carbocycles. The molecule has 104 valence electrons. The summed E-state index contributed by atoms with van der Waals surface area (Å²) in [6.45, 7) is 6.70. The molecule has 0 radical (unpaired) electrons. The van der Waals surface area contributed by atoms with E-state index < -0.39 is 0 Å². The smallest absolute Gasteiger partial charge is 0.0581 e. The first kappa shape index (κ1) is 13.4. The summed E-state index contributed by atoms with van der Waals surface area (Å²) in [5.41, 5.74) is 5.47. The molecule has 20 heavy (non-hydrogen) atoms. The molecule has 1 fully saturated rings. The maximum absolute atomic E-state index is 3.83. The SMILES string of the molecule is Cc1ccc(C(NC2CC2C)c2ccccc2)c(C)c1. The first-order valence-corrected chi connectivity index (χ1v) is 7.53. The van der Waals surface area contributed by atoms with E-state index in [4.69, 9.17) is 0 Å². The maximum Gasteiger partial charge on any atom is 0.0581 e. The van der Waals surface area contributed by atoms with Crippen LogP contribution in [0.4, 0.5) is 0 Å². The van der Waals surface area contributed by atoms with E-state index in [-0.39, 0.29) is 0 Å². The van der Waals surface area contributed by atoms with E-state index in [2.05, 4.69) is 74.6 Å². The Morgan fingerprint density at radius 1 is 1.05 bits per heavy atom. The summed E-state index contributed by atoms with van der Waals surface area (Å²) >= 11 is 0. The Balaban J connectivity index is 1.96. The van der Waals surface area contributed by atoms with Gasteiger partial charge in [0, 0.05) is 6.04 Å². The van der Waals surface area contributed by atoms with Gasteiger partial charge in [-0.2, -0.15) is 0 Å². The molecule has 0 aromatic heterocycles. The lowest BCUT2D eigenvalue weighted by Crippen LogP contribution is -2.26. The number of aryl methyl sites for hydroxylation is 2. The predicted octanol–water partition coefficient (Wildman–Crippen LogP) is 4.39. The predicted molar refractivity (Wildman–Crippen MR) is 84.9 cm³/mol. The summed E-state index contributed by atoms with van der Waals surface area (Å²) in [7, 11) is 0. The van der Waals surface area contributed by atoms with Gasteiger partial charge < -0.3 is 5.32 Å². The Labute approximate surface area is 122 Å². The molecule has 3 unspecified atom stereocenters. The summed E-state index contributed by atoms with van der Waals surface area (Å²) in [6.07, 6.45) is 1.30. The average molecular weight is 265 g/mol. The second kappa shape index (κ2) is 5.41. The monoisotopic (exact) mass is 265 g/mol. The van der Waals surface area contributed by atoms with Crippen LogP contribution in [0.25, 0.3) is 0 Å². The first-order valence-electron chi connectivity index (χ1n) is 7.53. The number of hydrogen-bond donors (Lipinski definition) is 1. The first-order chi connectivity index (χ1) is 9.65. The van der Waals surface area contributed by atoms with Crippen molar-refractivity contribution < 1.29 is 0 Å². The van der Waals surface area contributed by atoms with Crippen LogP contribution in [0.1, 0.15) is 41.6 Å². The summed E-state index contributed by atoms with van der Waals surface area (Å²) in [5.74, 6) is 0.812. The minimum absolute atomic E-state index is 0.312. The highest BCUT2D eigenvalue weighted by Gasteiger charge is 2.35. The van der Waals surface area contributed by atoms with Crippen LogP contribution < -0.4 is 5.32 Å². The van der Waals surface area contributed by atoms with Gasteiger partial charge in [-0.05, 0) is 42.9 Å². The van der Waals surface area contributed by atoms with Gasteiger partial charge in [0.25, 0.3) is 0 Å². The molecule has 3 atom stereocenters. The molecule has 0 heterocycles. The van der Waals surface area contributed by atoms with Crippen molar-refractivity contribution in [3.63, 3.8) is 0 Å². The number of benzene rings is 2. The molecule has 3 rings (SSSR count). The van der Waals surface area contributed by atoms with Crippen molar-refractivity contribution in [1.29, 1.82) is 0 Å². The quantitative estimate of drug-likeness (QED) is 0.864. The standard InChI is InChI=1S/C19H23N/c1-13-9-10-17(14(2)11-13)19(20-18-12-15(18)3)16-7-5-4-6-8-16/h4-11,15,18-20H,12H2,1-3H3. The zero-order valence-electron chi connectivity index (χ0n) is 12.6. The lowest BCUT2D eigenvalue weighted by atomic mass is 9.93. The normalized spacial score (nSPS) is 22.6. The third-order valence-electron chi connectivity index (χ3n) is 4.36. The summed E-state index contributed by atoms with van der Waals surface area (Å²) in [4.78, 5) is 0. The molecule has 0 bridgehead atoms. The van der Waals surface area contributed by atoms with E-state index in [9.17, 15) is 0 Å². The highest BCUT2D eigenvalue weighted by Crippen LogP contribution is 2.34. The van der Waals surface area contributed by atoms with Crippen LogP contribution in [-0.4, -0.2) is 6.04 Å². The molecule has 1 nitrogen and oxygen atoms in total. The highest BCUT2D eigenvalue weighted by molar-refractivity contribution is 5.39. The molecular formula is C19H23N. The van der Waals surface area contributed by atoms with Crippen LogP contribution in [-0.2, 0) is 0 Å². The lowest BCUT2D eigenvalue weighted by Gasteiger charge is -2.22. The Morgan fingerprint density at radius 3 is 2.35 bits per heavy atom. The summed E-state index contributed by atoms with van der Waals surface area (Å²) < 4.78 is 0. The Kier molecular flexibility index (Phi) is 3.62. The third-order valence-corrected chi connectivity index (χ3v) is 4.36. The fourth-order valence-corrected chi connectivity index (χ4v) is 2.93. The Morgan fingerprint density at radius 2 is 1.75 bits per heavy atom. The van der Waals surface area contributed by atoms with Crippen LogP contribution in [0.5, 0.6) is 0 Å². The van der Waals surface area contributed by atoms with Crippen LogP contribution >= 0.6 is 0 Å². The summed E-state index contributed by atoms with van der Waals surface area (Å²) in [6, 6.07) is 18.6. The van der Waals surface area contributed by atoms with Crippen molar-refractivity contribution in [2.75, 3.05) is 0 Å². The molecule has 0 saturated heterocycles. The van der Waals surface area contributed by atoms with E-state index in [0.29, 0.717) is 12.1 Å². The highest BCUT2D eigenvalue weighted by atomic mass is 15.0. The second-order valence-electron chi connectivity index (χ2n) is 6.19. The third kappa shape index (κ3) is 2.78. The molecule has 0 amide bonds. The van der Waals surface area contributed by atoms with Gasteiger partial charge in [-0.15, -0.1) is 0 Å². The maximum atomic E-state index is 3.83. The van der Waals surface area contributed by atoms with Gasteiger partial charge in [0.2, 0.25) is 0 Å². The summed E-state index contributed by atoms with van der Waals surface area (Å²) in [5, 5.41) is 3.83. The molecule has 1 aliphatic carbocycles. The zero-order chi connectivity index (χ0) is 14.1. The largest absolute Gasteiger partial charge is 0.303 e. The van der Waals surface area contributed by atoms with Crippen LogP contribution in [0.2, 0.25) is 0 Å². The van der Waals surface area contributed by atoms with Crippen molar-refractivity contribution >= 4 is 0 Å². The average Bonchev–Trinajstić information content (AvgIpc) is 3.13. The molecule has 1 saturated carbocycles. The van der Waals surface area contributed by atoms with Gasteiger partial charge in [-0.25, -0.2) is 0 Å². The van der Waals surface area contributed by atoms with Crippen LogP contribution in [0.3, 0.4) is 0 Å². The van der Waals surface area contributed by atoms with Crippen molar-refractivity contribution in [3.05, 3.63) is 70.8 Å². The van der Waals surface area contributed by atoms with E-state index in [0.717, 1.165) is 5.92 Å². The lowest BCUT2D eigenvalue weighted by molar-refractivity contribution is 0.576. The van der Waals surface area contributed by atoms with Crippen molar-refractivity contribution in [2.24, 2.45) is 5.92 Å². The molecule has 1 N–H and O–H groups in total. The number of hydrogen-bond acceptors (Lipinski definition) is 1. The zero-order valence-corrected chi connectivity index (χ0v) is 12.6. The van der Waals surface area contributed by atoms with E-state index in [1.165, 1.54) is 28.7 Å². The molecule has 0 aliphatic heterocycles. The number of nitrogens with one attached hydrogen (secondary N) is 1. The van der Waals surface area contributed by atoms with Gasteiger partial charge in [-0.1, -0.05) is 61.0 Å². The minimum Gasteiger partial charge on any atom is -0.303 e. The topological polar surface area (TPSA) is 12.0 Å². The number of rotatable bonds is 4. The Hall–Kier alpha value is -1.60. The van der Waals surface area contributed by atoms with Crippen molar-refractivity contribution in [2.45, 2.75) is 39.3 Å². The molecule has 1 heteroatoms. The fourth-order valence-electron chi connectivity index (χ4n) is 2.93. The van der Waals surface area contributed by atoms with E-state index >= 15 is 0 Å². The van der Waals surface area contributed by atoms with Crippen molar-refractivity contribution in [3.8, 4) is 0 Å².